The molecular weight excluding hydrogens is 206 g/mol. The Bertz CT molecular complexity index is 358. The molecule has 5 heteroatoms. The number of pyridine rings is 1. The maximum atomic E-state index is 11.9. The summed E-state index contributed by atoms with van der Waals surface area (Å²) in [6.07, 6.45) is 1.90. The molecule has 1 fully saturated rings. The number of amides is 1. The second-order valence-corrected chi connectivity index (χ2v) is 3.75. The Balaban J connectivity index is 1.93. The molecule has 1 aromatic rings. The van der Waals surface area contributed by atoms with Crippen LogP contribution in [0.3, 0.4) is 0 Å². The quantitative estimate of drug-likeness (QED) is 0.767. The van der Waals surface area contributed by atoms with Gasteiger partial charge in [-0.05, 0) is 12.1 Å². The molecule has 1 aromatic heterocycles. The third-order valence-electron chi connectivity index (χ3n) is 2.54. The zero-order chi connectivity index (χ0) is 11.4. The van der Waals surface area contributed by atoms with Gasteiger partial charge in [0.25, 0.3) is 0 Å². The van der Waals surface area contributed by atoms with Gasteiger partial charge in [0.15, 0.2) is 0 Å². The van der Waals surface area contributed by atoms with Crippen molar-refractivity contribution in [2.45, 2.75) is 6.42 Å². The predicted octanol–water partition coefficient (Wildman–Crippen LogP) is 0.0651. The van der Waals surface area contributed by atoms with Gasteiger partial charge < -0.3 is 15.4 Å². The van der Waals surface area contributed by atoms with E-state index in [0.29, 0.717) is 38.4 Å². The van der Waals surface area contributed by atoms with E-state index in [2.05, 4.69) is 4.98 Å². The minimum absolute atomic E-state index is 0.0978. The Morgan fingerprint density at radius 1 is 1.44 bits per heavy atom. The standard InChI is InChI=1S/C11H15N3O2/c12-9-1-2-10(13-8-9)7-11(15)14-3-5-16-6-4-14/h1-2,8H,3-7,12H2. The number of nitrogen functional groups attached to an aromatic ring is 1. The lowest BCUT2D eigenvalue weighted by molar-refractivity contribution is -0.134. The normalized spacial score (nSPS) is 16.1. The van der Waals surface area contributed by atoms with Crippen LogP contribution in [0.1, 0.15) is 5.69 Å². The van der Waals surface area contributed by atoms with E-state index >= 15 is 0 Å². The molecule has 0 aromatic carbocycles. The smallest absolute Gasteiger partial charge is 0.228 e. The highest BCUT2D eigenvalue weighted by atomic mass is 16.5. The summed E-state index contributed by atoms with van der Waals surface area (Å²) in [6.45, 7) is 2.60. The molecule has 1 amide bonds. The van der Waals surface area contributed by atoms with Gasteiger partial charge in [-0.2, -0.15) is 0 Å². The third-order valence-corrected chi connectivity index (χ3v) is 2.54. The second kappa shape index (κ2) is 4.94. The predicted molar refractivity (Wildman–Crippen MR) is 59.8 cm³/mol. The zero-order valence-corrected chi connectivity index (χ0v) is 9.06. The summed E-state index contributed by atoms with van der Waals surface area (Å²) in [7, 11) is 0. The van der Waals surface area contributed by atoms with Crippen molar-refractivity contribution in [2.24, 2.45) is 0 Å². The Labute approximate surface area is 94.2 Å². The molecule has 0 atom stereocenters. The number of carbonyl (C=O) groups excluding carboxylic acids is 1. The van der Waals surface area contributed by atoms with Gasteiger partial charge in [-0.3, -0.25) is 9.78 Å². The van der Waals surface area contributed by atoms with Crippen molar-refractivity contribution in [3.63, 3.8) is 0 Å². The summed E-state index contributed by atoms with van der Waals surface area (Å²) in [5.74, 6) is 0.0978. The van der Waals surface area contributed by atoms with Gasteiger partial charge in [0.1, 0.15) is 0 Å². The van der Waals surface area contributed by atoms with Crippen LogP contribution in [0.4, 0.5) is 5.69 Å². The number of nitrogens with zero attached hydrogens (tertiary/aromatic N) is 2. The molecule has 86 valence electrons. The third kappa shape index (κ3) is 2.70. The minimum atomic E-state index is 0.0978. The average Bonchev–Trinajstić information content (AvgIpc) is 2.33. The topological polar surface area (TPSA) is 68.5 Å². The maximum Gasteiger partial charge on any atom is 0.228 e. The first-order valence-electron chi connectivity index (χ1n) is 5.31. The van der Waals surface area contributed by atoms with Gasteiger partial charge in [0.05, 0.1) is 31.5 Å². The fourth-order valence-corrected chi connectivity index (χ4v) is 1.62. The molecule has 0 aliphatic carbocycles. The molecular formula is C11H15N3O2. The Morgan fingerprint density at radius 2 is 2.19 bits per heavy atom. The highest BCUT2D eigenvalue weighted by Crippen LogP contribution is 2.05. The number of aromatic nitrogens is 1. The fourth-order valence-electron chi connectivity index (χ4n) is 1.62. The molecule has 0 bridgehead atoms. The lowest BCUT2D eigenvalue weighted by Gasteiger charge is -2.26. The van der Waals surface area contributed by atoms with Crippen molar-refractivity contribution in [2.75, 3.05) is 32.0 Å². The van der Waals surface area contributed by atoms with Crippen LogP contribution in [-0.4, -0.2) is 42.1 Å². The Morgan fingerprint density at radius 3 is 2.81 bits per heavy atom. The molecule has 0 spiro atoms. The van der Waals surface area contributed by atoms with Crippen LogP contribution in [0.2, 0.25) is 0 Å². The largest absolute Gasteiger partial charge is 0.397 e. The van der Waals surface area contributed by atoms with Crippen LogP contribution >= 0.6 is 0 Å². The molecule has 2 heterocycles. The molecule has 1 aliphatic heterocycles. The highest BCUT2D eigenvalue weighted by Gasteiger charge is 2.17. The number of anilines is 1. The molecule has 16 heavy (non-hydrogen) atoms. The number of nitrogens with two attached hydrogens (primary N) is 1. The van der Waals surface area contributed by atoms with E-state index in [4.69, 9.17) is 10.5 Å². The SMILES string of the molecule is Nc1ccc(CC(=O)N2CCOCC2)nc1. The molecule has 1 aliphatic rings. The van der Waals surface area contributed by atoms with E-state index in [-0.39, 0.29) is 5.91 Å². The van der Waals surface area contributed by atoms with Crippen LogP contribution in [0.25, 0.3) is 0 Å². The van der Waals surface area contributed by atoms with E-state index in [1.807, 2.05) is 4.90 Å². The van der Waals surface area contributed by atoms with E-state index in [1.54, 1.807) is 18.3 Å². The monoisotopic (exact) mass is 221 g/mol. The summed E-state index contributed by atoms with van der Waals surface area (Å²) in [5, 5.41) is 0. The van der Waals surface area contributed by atoms with E-state index in [0.717, 1.165) is 5.69 Å². The van der Waals surface area contributed by atoms with E-state index in [9.17, 15) is 4.79 Å². The second-order valence-electron chi connectivity index (χ2n) is 3.75. The van der Waals surface area contributed by atoms with Crippen molar-refractivity contribution in [1.29, 1.82) is 0 Å². The van der Waals surface area contributed by atoms with Crippen LogP contribution in [0.5, 0.6) is 0 Å². The maximum absolute atomic E-state index is 11.9. The molecule has 0 saturated carbocycles. The number of rotatable bonds is 2. The van der Waals surface area contributed by atoms with Gasteiger partial charge in [-0.25, -0.2) is 0 Å². The van der Waals surface area contributed by atoms with Crippen molar-refractivity contribution in [3.05, 3.63) is 24.0 Å². The van der Waals surface area contributed by atoms with Crippen LogP contribution in [0.15, 0.2) is 18.3 Å². The first-order valence-corrected chi connectivity index (χ1v) is 5.31. The lowest BCUT2D eigenvalue weighted by Crippen LogP contribution is -2.41. The van der Waals surface area contributed by atoms with Crippen LogP contribution in [-0.2, 0) is 16.0 Å². The first kappa shape index (κ1) is 10.9. The van der Waals surface area contributed by atoms with Gasteiger partial charge in [0, 0.05) is 18.8 Å². The van der Waals surface area contributed by atoms with E-state index in [1.165, 1.54) is 0 Å². The average molecular weight is 221 g/mol. The lowest BCUT2D eigenvalue weighted by atomic mass is 10.2. The molecule has 0 unspecified atom stereocenters. The zero-order valence-electron chi connectivity index (χ0n) is 9.06. The van der Waals surface area contributed by atoms with Gasteiger partial charge in [0.2, 0.25) is 5.91 Å². The van der Waals surface area contributed by atoms with E-state index < -0.39 is 0 Å². The first-order chi connectivity index (χ1) is 7.75. The summed E-state index contributed by atoms with van der Waals surface area (Å²) in [4.78, 5) is 17.8. The highest BCUT2D eigenvalue weighted by molar-refractivity contribution is 5.78. The molecule has 5 nitrogen and oxygen atoms in total. The summed E-state index contributed by atoms with van der Waals surface area (Å²) in [5.41, 5.74) is 6.89. The van der Waals surface area contributed by atoms with Crippen LogP contribution in [0, 0.1) is 0 Å². The summed E-state index contributed by atoms with van der Waals surface area (Å²) in [6, 6.07) is 3.54. The fraction of sp³-hybridized carbons (Fsp3) is 0.455. The summed E-state index contributed by atoms with van der Waals surface area (Å²) < 4.78 is 5.19. The molecule has 0 radical (unpaired) electrons. The number of hydrogen-bond acceptors (Lipinski definition) is 4. The number of ether oxygens (including phenoxy) is 1. The van der Waals surface area contributed by atoms with Crippen molar-refractivity contribution in [3.8, 4) is 0 Å². The number of hydrogen-bond donors (Lipinski definition) is 1. The van der Waals surface area contributed by atoms with Gasteiger partial charge >= 0.3 is 0 Å². The summed E-state index contributed by atoms with van der Waals surface area (Å²) >= 11 is 0. The van der Waals surface area contributed by atoms with Gasteiger partial charge in [-0.1, -0.05) is 0 Å². The Kier molecular flexibility index (Phi) is 3.36. The molecule has 2 rings (SSSR count). The number of carbonyl (C=O) groups is 1. The van der Waals surface area contributed by atoms with Crippen molar-refractivity contribution < 1.29 is 9.53 Å². The number of morpholine rings is 1. The van der Waals surface area contributed by atoms with Gasteiger partial charge in [-0.15, -0.1) is 0 Å². The minimum Gasteiger partial charge on any atom is -0.397 e. The van der Waals surface area contributed by atoms with Crippen molar-refractivity contribution in [1.82, 2.24) is 9.88 Å². The van der Waals surface area contributed by atoms with Crippen LogP contribution < -0.4 is 5.73 Å². The molecule has 1 saturated heterocycles. The Hall–Kier alpha value is -1.62. The van der Waals surface area contributed by atoms with Crippen molar-refractivity contribution >= 4 is 11.6 Å². The molecule has 2 N–H and O–H groups in total.